The summed E-state index contributed by atoms with van der Waals surface area (Å²) in [6, 6.07) is 16.1. The van der Waals surface area contributed by atoms with Crippen molar-refractivity contribution in [1.82, 2.24) is 4.98 Å². The molecule has 0 bridgehead atoms. The molecule has 0 radical (unpaired) electrons. The maximum atomic E-state index is 5.50. The predicted octanol–water partition coefficient (Wildman–Crippen LogP) is 3.19. The third-order valence-corrected chi connectivity index (χ3v) is 2.81. The van der Waals surface area contributed by atoms with Gasteiger partial charge in [0.05, 0.1) is 6.10 Å². The highest BCUT2D eigenvalue weighted by Gasteiger charge is 2.09. The van der Waals surface area contributed by atoms with Crippen LogP contribution < -0.4 is 5.32 Å². The fourth-order valence-corrected chi connectivity index (χ4v) is 1.84. The van der Waals surface area contributed by atoms with Crippen LogP contribution in [0, 0.1) is 6.92 Å². The smallest absolute Gasteiger partial charge is 0.126 e. The topological polar surface area (TPSA) is 34.1 Å². The van der Waals surface area contributed by atoms with Gasteiger partial charge in [-0.2, -0.15) is 0 Å². The number of nitrogens with zero attached hydrogens (tertiary/aromatic N) is 1. The second-order valence-corrected chi connectivity index (χ2v) is 4.18. The molecule has 1 N–H and O–H groups in total. The number of benzene rings is 1. The van der Waals surface area contributed by atoms with Gasteiger partial charge in [-0.05, 0) is 24.6 Å². The van der Waals surface area contributed by atoms with Crippen LogP contribution in [0.3, 0.4) is 0 Å². The van der Waals surface area contributed by atoms with Crippen molar-refractivity contribution in [3.05, 3.63) is 59.8 Å². The van der Waals surface area contributed by atoms with E-state index in [9.17, 15) is 0 Å². The number of pyridine rings is 1. The fraction of sp³-hybridized carbons (Fsp3) is 0.267. The standard InChI is InChI=1S/C15H18N2O/c1-12-7-6-10-15(17-12)16-11-14(18-2)13-8-4-3-5-9-13/h3-10,14H,11H2,1-2H3,(H,16,17). The number of ether oxygens (including phenoxy) is 1. The molecule has 0 aliphatic rings. The molecule has 1 aromatic carbocycles. The summed E-state index contributed by atoms with van der Waals surface area (Å²) >= 11 is 0. The van der Waals surface area contributed by atoms with Crippen LogP contribution >= 0.6 is 0 Å². The summed E-state index contributed by atoms with van der Waals surface area (Å²) in [5.41, 5.74) is 2.17. The monoisotopic (exact) mass is 242 g/mol. The minimum atomic E-state index is 0.0357. The molecule has 1 aromatic heterocycles. The summed E-state index contributed by atoms with van der Waals surface area (Å²) in [5, 5.41) is 3.30. The first-order valence-corrected chi connectivity index (χ1v) is 6.05. The van der Waals surface area contributed by atoms with Gasteiger partial charge in [-0.15, -0.1) is 0 Å². The second kappa shape index (κ2) is 6.17. The summed E-state index contributed by atoms with van der Waals surface area (Å²) < 4.78 is 5.50. The third-order valence-electron chi connectivity index (χ3n) is 2.81. The zero-order chi connectivity index (χ0) is 12.8. The van der Waals surface area contributed by atoms with Crippen molar-refractivity contribution in [1.29, 1.82) is 0 Å². The molecule has 2 rings (SSSR count). The van der Waals surface area contributed by atoms with Crippen molar-refractivity contribution < 1.29 is 4.74 Å². The zero-order valence-corrected chi connectivity index (χ0v) is 10.8. The molecule has 1 unspecified atom stereocenters. The van der Waals surface area contributed by atoms with E-state index in [1.165, 1.54) is 5.56 Å². The Morgan fingerprint density at radius 1 is 1.11 bits per heavy atom. The van der Waals surface area contributed by atoms with Crippen LogP contribution in [-0.2, 0) is 4.74 Å². The number of aryl methyl sites for hydroxylation is 1. The van der Waals surface area contributed by atoms with Gasteiger partial charge in [-0.1, -0.05) is 36.4 Å². The number of hydrogen-bond acceptors (Lipinski definition) is 3. The van der Waals surface area contributed by atoms with Gasteiger partial charge in [-0.25, -0.2) is 4.98 Å². The van der Waals surface area contributed by atoms with Crippen LogP contribution in [0.2, 0.25) is 0 Å². The van der Waals surface area contributed by atoms with Crippen LogP contribution in [0.25, 0.3) is 0 Å². The lowest BCUT2D eigenvalue weighted by Crippen LogP contribution is -2.15. The highest BCUT2D eigenvalue weighted by atomic mass is 16.5. The van der Waals surface area contributed by atoms with Gasteiger partial charge < -0.3 is 10.1 Å². The van der Waals surface area contributed by atoms with E-state index in [2.05, 4.69) is 22.4 Å². The summed E-state index contributed by atoms with van der Waals surface area (Å²) in [6.45, 7) is 2.69. The lowest BCUT2D eigenvalue weighted by Gasteiger charge is -2.16. The second-order valence-electron chi connectivity index (χ2n) is 4.18. The number of hydrogen-bond donors (Lipinski definition) is 1. The van der Waals surface area contributed by atoms with Gasteiger partial charge in [0.2, 0.25) is 0 Å². The minimum absolute atomic E-state index is 0.0357. The number of anilines is 1. The molecule has 0 saturated carbocycles. The molecular formula is C15H18N2O. The van der Waals surface area contributed by atoms with Crippen molar-refractivity contribution >= 4 is 5.82 Å². The van der Waals surface area contributed by atoms with Crippen LogP contribution in [-0.4, -0.2) is 18.6 Å². The van der Waals surface area contributed by atoms with Gasteiger partial charge in [0.15, 0.2) is 0 Å². The lowest BCUT2D eigenvalue weighted by atomic mass is 10.1. The average molecular weight is 242 g/mol. The van der Waals surface area contributed by atoms with Crippen LogP contribution in [0.4, 0.5) is 5.82 Å². The van der Waals surface area contributed by atoms with Gasteiger partial charge in [0, 0.05) is 19.3 Å². The molecule has 0 saturated heterocycles. The molecule has 1 atom stereocenters. The van der Waals surface area contributed by atoms with Crippen molar-refractivity contribution in [3.8, 4) is 0 Å². The predicted molar refractivity (Wildman–Crippen MR) is 73.7 cm³/mol. The van der Waals surface area contributed by atoms with E-state index in [1.54, 1.807) is 7.11 Å². The van der Waals surface area contributed by atoms with Crippen molar-refractivity contribution in [2.75, 3.05) is 19.0 Å². The normalized spacial score (nSPS) is 12.1. The van der Waals surface area contributed by atoms with E-state index in [-0.39, 0.29) is 6.10 Å². The SMILES string of the molecule is COC(CNc1cccc(C)n1)c1ccccc1. The Labute approximate surface area is 108 Å². The molecule has 3 nitrogen and oxygen atoms in total. The number of nitrogens with one attached hydrogen (secondary N) is 1. The van der Waals surface area contributed by atoms with E-state index in [0.717, 1.165) is 11.5 Å². The van der Waals surface area contributed by atoms with Gasteiger partial charge in [0.25, 0.3) is 0 Å². The summed E-state index contributed by atoms with van der Waals surface area (Å²) in [4.78, 5) is 4.41. The van der Waals surface area contributed by atoms with Crippen molar-refractivity contribution in [2.45, 2.75) is 13.0 Å². The van der Waals surface area contributed by atoms with E-state index >= 15 is 0 Å². The first-order valence-electron chi connectivity index (χ1n) is 6.05. The number of aromatic nitrogens is 1. The molecule has 0 spiro atoms. The van der Waals surface area contributed by atoms with Crippen molar-refractivity contribution in [3.63, 3.8) is 0 Å². The lowest BCUT2D eigenvalue weighted by molar-refractivity contribution is 0.114. The Bertz CT molecular complexity index is 485. The molecular weight excluding hydrogens is 224 g/mol. The first kappa shape index (κ1) is 12.6. The summed E-state index contributed by atoms with van der Waals surface area (Å²) in [7, 11) is 1.73. The largest absolute Gasteiger partial charge is 0.375 e. The van der Waals surface area contributed by atoms with E-state index in [1.807, 2.05) is 43.3 Å². The van der Waals surface area contributed by atoms with Crippen LogP contribution in [0.15, 0.2) is 48.5 Å². The maximum absolute atomic E-state index is 5.50. The Balaban J connectivity index is 2.00. The van der Waals surface area contributed by atoms with Gasteiger partial charge >= 0.3 is 0 Å². The van der Waals surface area contributed by atoms with Crippen molar-refractivity contribution in [2.24, 2.45) is 0 Å². The van der Waals surface area contributed by atoms with E-state index < -0.39 is 0 Å². The molecule has 1 heterocycles. The van der Waals surface area contributed by atoms with Gasteiger partial charge in [0.1, 0.15) is 5.82 Å². The molecule has 2 aromatic rings. The van der Waals surface area contributed by atoms with E-state index in [4.69, 9.17) is 4.74 Å². The Morgan fingerprint density at radius 2 is 1.89 bits per heavy atom. The molecule has 0 aliphatic carbocycles. The highest BCUT2D eigenvalue weighted by Crippen LogP contribution is 2.16. The molecule has 0 amide bonds. The molecule has 3 heteroatoms. The van der Waals surface area contributed by atoms with Crippen LogP contribution in [0.1, 0.15) is 17.4 Å². The average Bonchev–Trinajstić information content (AvgIpc) is 2.41. The summed E-state index contributed by atoms with van der Waals surface area (Å²) in [5.74, 6) is 0.882. The highest BCUT2D eigenvalue weighted by molar-refractivity contribution is 5.35. The van der Waals surface area contributed by atoms with Gasteiger partial charge in [-0.3, -0.25) is 0 Å². The Hall–Kier alpha value is -1.87. The number of rotatable bonds is 5. The summed E-state index contributed by atoms with van der Waals surface area (Å²) in [6.07, 6.45) is 0.0357. The molecule has 0 fully saturated rings. The molecule has 94 valence electrons. The first-order chi connectivity index (χ1) is 8.79. The molecule has 18 heavy (non-hydrogen) atoms. The fourth-order valence-electron chi connectivity index (χ4n) is 1.84. The zero-order valence-electron chi connectivity index (χ0n) is 10.8. The third kappa shape index (κ3) is 3.31. The Kier molecular flexibility index (Phi) is 4.31. The molecule has 0 aliphatic heterocycles. The van der Waals surface area contributed by atoms with Crippen LogP contribution in [0.5, 0.6) is 0 Å². The minimum Gasteiger partial charge on any atom is -0.375 e. The van der Waals surface area contributed by atoms with E-state index in [0.29, 0.717) is 6.54 Å². The maximum Gasteiger partial charge on any atom is 0.126 e. The number of methoxy groups -OCH3 is 1. The quantitative estimate of drug-likeness (QED) is 0.874. The Morgan fingerprint density at radius 3 is 2.56 bits per heavy atom.